The van der Waals surface area contributed by atoms with Gasteiger partial charge in [-0.15, -0.1) is 0 Å². The summed E-state index contributed by atoms with van der Waals surface area (Å²) in [6.07, 6.45) is 0.868. The van der Waals surface area contributed by atoms with Gasteiger partial charge in [-0.25, -0.2) is 0 Å². The molecule has 3 heteroatoms. The molecule has 20 heavy (non-hydrogen) atoms. The molecule has 0 saturated carbocycles. The molecule has 0 bridgehead atoms. The lowest BCUT2D eigenvalue weighted by Gasteiger charge is -2.38. The van der Waals surface area contributed by atoms with Crippen LogP contribution in [0.1, 0.15) is 38.7 Å². The molecular weight excluding hydrogens is 248 g/mol. The average molecular weight is 274 g/mol. The average Bonchev–Trinajstić information content (AvgIpc) is 2.49. The van der Waals surface area contributed by atoms with Gasteiger partial charge in [-0.05, 0) is 25.8 Å². The molecule has 1 aliphatic heterocycles. The molecule has 1 fully saturated rings. The Bertz CT molecular complexity index is 422. The Hall–Kier alpha value is -1.35. The molecule has 0 radical (unpaired) electrons. The second-order valence-corrected chi connectivity index (χ2v) is 5.83. The van der Waals surface area contributed by atoms with Crippen LogP contribution in [0, 0.1) is 0 Å². The first kappa shape index (κ1) is 15.0. The van der Waals surface area contributed by atoms with E-state index in [0.717, 1.165) is 38.2 Å². The molecule has 1 aromatic carbocycles. The largest absolute Gasteiger partial charge is 0.340 e. The molecule has 2 rings (SSSR count). The van der Waals surface area contributed by atoms with E-state index in [-0.39, 0.29) is 5.92 Å². The Morgan fingerprint density at radius 2 is 1.70 bits per heavy atom. The number of carbonyl (C=O) groups is 1. The summed E-state index contributed by atoms with van der Waals surface area (Å²) in [6, 6.07) is 10.7. The fourth-order valence-electron chi connectivity index (χ4n) is 2.92. The highest BCUT2D eigenvalue weighted by molar-refractivity contribution is 5.83. The van der Waals surface area contributed by atoms with Gasteiger partial charge in [0.15, 0.2) is 0 Å². The third kappa shape index (κ3) is 3.40. The molecule has 1 unspecified atom stereocenters. The Kier molecular flexibility index (Phi) is 5.18. The summed E-state index contributed by atoms with van der Waals surface area (Å²) in [5, 5.41) is 0. The predicted octanol–water partition coefficient (Wildman–Crippen LogP) is 2.73. The lowest BCUT2D eigenvalue weighted by Crippen LogP contribution is -2.51. The molecule has 1 heterocycles. The molecule has 3 nitrogen and oxygen atoms in total. The van der Waals surface area contributed by atoms with Gasteiger partial charge in [0.2, 0.25) is 5.91 Å². The lowest BCUT2D eigenvalue weighted by molar-refractivity contribution is -0.134. The van der Waals surface area contributed by atoms with E-state index in [1.54, 1.807) is 0 Å². The van der Waals surface area contributed by atoms with Crippen LogP contribution in [0.2, 0.25) is 0 Å². The van der Waals surface area contributed by atoms with Crippen molar-refractivity contribution in [3.8, 4) is 0 Å². The number of carbonyl (C=O) groups excluding carboxylic acids is 1. The van der Waals surface area contributed by atoms with Gasteiger partial charge >= 0.3 is 0 Å². The van der Waals surface area contributed by atoms with Crippen molar-refractivity contribution in [1.82, 2.24) is 9.80 Å². The normalized spacial score (nSPS) is 18.3. The third-order valence-corrected chi connectivity index (χ3v) is 4.26. The van der Waals surface area contributed by atoms with E-state index in [1.165, 1.54) is 0 Å². The van der Waals surface area contributed by atoms with Crippen LogP contribution >= 0.6 is 0 Å². The maximum absolute atomic E-state index is 12.7. The SMILES string of the molecule is CCC(C(=O)N1CCN(C(C)C)CC1)c1ccccc1. The highest BCUT2D eigenvalue weighted by atomic mass is 16.2. The van der Waals surface area contributed by atoms with Crippen molar-refractivity contribution in [2.45, 2.75) is 39.2 Å². The van der Waals surface area contributed by atoms with E-state index in [4.69, 9.17) is 0 Å². The van der Waals surface area contributed by atoms with Crippen molar-refractivity contribution in [3.05, 3.63) is 35.9 Å². The Labute approximate surface area is 122 Å². The van der Waals surface area contributed by atoms with Crippen LogP contribution in [0.5, 0.6) is 0 Å². The number of rotatable bonds is 4. The van der Waals surface area contributed by atoms with Crippen LogP contribution in [0.15, 0.2) is 30.3 Å². The minimum atomic E-state index is 0.0156. The van der Waals surface area contributed by atoms with Gasteiger partial charge in [0, 0.05) is 32.2 Å². The summed E-state index contributed by atoms with van der Waals surface area (Å²) in [5.41, 5.74) is 1.14. The summed E-state index contributed by atoms with van der Waals surface area (Å²) in [4.78, 5) is 17.2. The van der Waals surface area contributed by atoms with Gasteiger partial charge < -0.3 is 4.90 Å². The predicted molar refractivity (Wildman–Crippen MR) is 82.8 cm³/mol. The summed E-state index contributed by atoms with van der Waals surface area (Å²) in [6.45, 7) is 10.2. The summed E-state index contributed by atoms with van der Waals surface area (Å²) in [7, 11) is 0. The molecular formula is C17H26N2O. The number of hydrogen-bond donors (Lipinski definition) is 0. The smallest absolute Gasteiger partial charge is 0.230 e. The molecule has 1 aliphatic rings. The standard InChI is InChI=1S/C17H26N2O/c1-4-16(15-8-6-5-7-9-15)17(20)19-12-10-18(11-13-19)14(2)3/h5-9,14,16H,4,10-13H2,1-3H3. The van der Waals surface area contributed by atoms with E-state index in [2.05, 4.69) is 37.8 Å². The number of piperazine rings is 1. The zero-order valence-corrected chi connectivity index (χ0v) is 12.9. The van der Waals surface area contributed by atoms with Crippen molar-refractivity contribution in [2.24, 2.45) is 0 Å². The van der Waals surface area contributed by atoms with Crippen molar-refractivity contribution in [1.29, 1.82) is 0 Å². The van der Waals surface area contributed by atoms with Gasteiger partial charge in [-0.2, -0.15) is 0 Å². The molecule has 1 aromatic rings. The van der Waals surface area contributed by atoms with E-state index in [9.17, 15) is 4.79 Å². The maximum atomic E-state index is 12.7. The first-order valence-electron chi connectivity index (χ1n) is 7.71. The van der Waals surface area contributed by atoms with Crippen LogP contribution in [-0.2, 0) is 4.79 Å². The second kappa shape index (κ2) is 6.89. The quantitative estimate of drug-likeness (QED) is 0.843. The monoisotopic (exact) mass is 274 g/mol. The van der Waals surface area contributed by atoms with E-state index in [0.29, 0.717) is 11.9 Å². The molecule has 0 aliphatic carbocycles. The minimum Gasteiger partial charge on any atom is -0.340 e. The lowest BCUT2D eigenvalue weighted by atomic mass is 9.94. The van der Waals surface area contributed by atoms with Gasteiger partial charge in [-0.1, -0.05) is 37.3 Å². The highest BCUT2D eigenvalue weighted by Gasteiger charge is 2.27. The number of amides is 1. The molecule has 1 amide bonds. The highest BCUT2D eigenvalue weighted by Crippen LogP contribution is 2.22. The van der Waals surface area contributed by atoms with Gasteiger partial charge in [-0.3, -0.25) is 9.69 Å². The van der Waals surface area contributed by atoms with Crippen LogP contribution < -0.4 is 0 Å². The molecule has 110 valence electrons. The van der Waals surface area contributed by atoms with Crippen molar-refractivity contribution in [3.63, 3.8) is 0 Å². The van der Waals surface area contributed by atoms with Crippen molar-refractivity contribution >= 4 is 5.91 Å². The summed E-state index contributed by atoms with van der Waals surface area (Å²) in [5.74, 6) is 0.309. The minimum absolute atomic E-state index is 0.0156. The van der Waals surface area contributed by atoms with E-state index >= 15 is 0 Å². The first-order chi connectivity index (χ1) is 9.63. The fourth-order valence-corrected chi connectivity index (χ4v) is 2.92. The second-order valence-electron chi connectivity index (χ2n) is 5.83. The van der Waals surface area contributed by atoms with Gasteiger partial charge in [0.05, 0.1) is 5.92 Å². The maximum Gasteiger partial charge on any atom is 0.230 e. The Morgan fingerprint density at radius 3 is 2.20 bits per heavy atom. The number of benzene rings is 1. The van der Waals surface area contributed by atoms with Crippen LogP contribution in [0.4, 0.5) is 0 Å². The number of hydrogen-bond acceptors (Lipinski definition) is 2. The molecule has 0 spiro atoms. The van der Waals surface area contributed by atoms with Crippen LogP contribution in [0.3, 0.4) is 0 Å². The van der Waals surface area contributed by atoms with Gasteiger partial charge in [0.25, 0.3) is 0 Å². The summed E-state index contributed by atoms with van der Waals surface area (Å²) >= 11 is 0. The van der Waals surface area contributed by atoms with Crippen LogP contribution in [0.25, 0.3) is 0 Å². The Balaban J connectivity index is 2.00. The fraction of sp³-hybridized carbons (Fsp3) is 0.588. The zero-order valence-electron chi connectivity index (χ0n) is 12.9. The van der Waals surface area contributed by atoms with E-state index < -0.39 is 0 Å². The van der Waals surface area contributed by atoms with E-state index in [1.807, 2.05) is 23.1 Å². The number of nitrogens with zero attached hydrogens (tertiary/aromatic N) is 2. The Morgan fingerprint density at radius 1 is 1.10 bits per heavy atom. The van der Waals surface area contributed by atoms with Crippen LogP contribution in [-0.4, -0.2) is 47.9 Å². The zero-order chi connectivity index (χ0) is 14.5. The van der Waals surface area contributed by atoms with Crippen molar-refractivity contribution < 1.29 is 4.79 Å². The topological polar surface area (TPSA) is 23.6 Å². The third-order valence-electron chi connectivity index (χ3n) is 4.26. The molecule has 0 N–H and O–H groups in total. The van der Waals surface area contributed by atoms with Gasteiger partial charge in [0.1, 0.15) is 0 Å². The molecule has 0 aromatic heterocycles. The van der Waals surface area contributed by atoms with Crippen molar-refractivity contribution in [2.75, 3.05) is 26.2 Å². The summed E-state index contributed by atoms with van der Waals surface area (Å²) < 4.78 is 0. The first-order valence-corrected chi connectivity index (χ1v) is 7.71. The molecule has 1 atom stereocenters. The molecule has 1 saturated heterocycles.